The standard InChI is InChI=1S/C24H47N3/c1-20(2)6-5-13-25-14-9-23(10-15-25)27-18-11-24(12-19-27)26-16-7-22(8-17-26)21(3)4/h20-24H,5-19H2,1-4H3. The molecule has 0 atom stereocenters. The first-order chi connectivity index (χ1) is 13.0. The van der Waals surface area contributed by atoms with E-state index in [1.54, 1.807) is 0 Å². The van der Waals surface area contributed by atoms with Crippen molar-refractivity contribution >= 4 is 0 Å². The Bertz CT molecular complexity index is 398. The molecule has 3 saturated heterocycles. The van der Waals surface area contributed by atoms with Crippen molar-refractivity contribution in [2.24, 2.45) is 17.8 Å². The van der Waals surface area contributed by atoms with E-state index in [1.165, 1.54) is 97.2 Å². The third-order valence-electron chi connectivity index (χ3n) is 7.86. The summed E-state index contributed by atoms with van der Waals surface area (Å²) in [7, 11) is 0. The molecule has 3 fully saturated rings. The molecule has 3 aliphatic rings. The van der Waals surface area contributed by atoms with Crippen LogP contribution >= 0.6 is 0 Å². The van der Waals surface area contributed by atoms with Gasteiger partial charge in [0.2, 0.25) is 0 Å². The Morgan fingerprint density at radius 1 is 0.667 bits per heavy atom. The Balaban J connectivity index is 1.32. The van der Waals surface area contributed by atoms with Crippen LogP contribution in [0.25, 0.3) is 0 Å². The van der Waals surface area contributed by atoms with Crippen LogP contribution in [0.2, 0.25) is 0 Å². The Kier molecular flexibility index (Phi) is 8.47. The van der Waals surface area contributed by atoms with E-state index in [4.69, 9.17) is 0 Å². The quantitative estimate of drug-likeness (QED) is 0.635. The molecule has 0 N–H and O–H groups in total. The highest BCUT2D eigenvalue weighted by Crippen LogP contribution is 2.29. The fourth-order valence-electron chi connectivity index (χ4n) is 5.80. The average Bonchev–Trinajstić information content (AvgIpc) is 2.68. The van der Waals surface area contributed by atoms with Crippen molar-refractivity contribution in [2.45, 2.75) is 91.1 Å². The van der Waals surface area contributed by atoms with E-state index in [2.05, 4.69) is 42.4 Å². The second-order valence-electron chi connectivity index (χ2n) is 10.5. The Morgan fingerprint density at radius 2 is 1.15 bits per heavy atom. The summed E-state index contributed by atoms with van der Waals surface area (Å²) in [4.78, 5) is 8.42. The largest absolute Gasteiger partial charge is 0.303 e. The van der Waals surface area contributed by atoms with Gasteiger partial charge >= 0.3 is 0 Å². The maximum atomic E-state index is 2.85. The van der Waals surface area contributed by atoms with Crippen molar-refractivity contribution in [3.8, 4) is 0 Å². The molecule has 3 nitrogen and oxygen atoms in total. The molecule has 27 heavy (non-hydrogen) atoms. The van der Waals surface area contributed by atoms with Crippen LogP contribution in [0.4, 0.5) is 0 Å². The maximum Gasteiger partial charge on any atom is 0.0120 e. The monoisotopic (exact) mass is 377 g/mol. The van der Waals surface area contributed by atoms with Crippen molar-refractivity contribution in [3.63, 3.8) is 0 Å². The topological polar surface area (TPSA) is 9.72 Å². The van der Waals surface area contributed by atoms with Crippen LogP contribution in [0.1, 0.15) is 79.1 Å². The molecule has 0 aromatic heterocycles. The first-order valence-corrected chi connectivity index (χ1v) is 12.2. The smallest absolute Gasteiger partial charge is 0.0120 e. The van der Waals surface area contributed by atoms with E-state index >= 15 is 0 Å². The zero-order chi connectivity index (χ0) is 19.2. The molecule has 0 unspecified atom stereocenters. The van der Waals surface area contributed by atoms with E-state index in [-0.39, 0.29) is 0 Å². The predicted octanol–water partition coefficient (Wildman–Crippen LogP) is 4.72. The van der Waals surface area contributed by atoms with E-state index in [0.717, 1.165) is 29.8 Å². The van der Waals surface area contributed by atoms with Gasteiger partial charge in [-0.25, -0.2) is 0 Å². The molecule has 158 valence electrons. The van der Waals surface area contributed by atoms with Gasteiger partial charge in [-0.05, 0) is 115 Å². The first kappa shape index (κ1) is 21.6. The van der Waals surface area contributed by atoms with Gasteiger partial charge < -0.3 is 14.7 Å². The van der Waals surface area contributed by atoms with Gasteiger partial charge in [0, 0.05) is 12.1 Å². The lowest BCUT2D eigenvalue weighted by Crippen LogP contribution is -2.52. The summed E-state index contributed by atoms with van der Waals surface area (Å²) < 4.78 is 0. The lowest BCUT2D eigenvalue weighted by atomic mass is 9.85. The Morgan fingerprint density at radius 3 is 1.63 bits per heavy atom. The van der Waals surface area contributed by atoms with Crippen molar-refractivity contribution in [3.05, 3.63) is 0 Å². The van der Waals surface area contributed by atoms with Gasteiger partial charge in [0.1, 0.15) is 0 Å². The summed E-state index contributed by atoms with van der Waals surface area (Å²) in [5, 5.41) is 0. The van der Waals surface area contributed by atoms with Gasteiger partial charge in [-0.15, -0.1) is 0 Å². The van der Waals surface area contributed by atoms with E-state index in [1.807, 2.05) is 0 Å². The molecule has 0 saturated carbocycles. The number of piperidine rings is 3. The minimum absolute atomic E-state index is 0.861. The highest BCUT2D eigenvalue weighted by atomic mass is 15.2. The fraction of sp³-hybridized carbons (Fsp3) is 1.00. The van der Waals surface area contributed by atoms with E-state index in [0.29, 0.717) is 0 Å². The van der Waals surface area contributed by atoms with Gasteiger partial charge in [-0.3, -0.25) is 0 Å². The average molecular weight is 378 g/mol. The highest BCUT2D eigenvalue weighted by molar-refractivity contribution is 4.88. The molecule has 3 aliphatic heterocycles. The second-order valence-corrected chi connectivity index (χ2v) is 10.5. The molecule has 0 aromatic carbocycles. The molecule has 0 aliphatic carbocycles. The van der Waals surface area contributed by atoms with Crippen molar-refractivity contribution in [2.75, 3.05) is 45.8 Å². The number of nitrogens with zero attached hydrogens (tertiary/aromatic N) is 3. The van der Waals surface area contributed by atoms with Crippen LogP contribution in [0.3, 0.4) is 0 Å². The second kappa shape index (κ2) is 10.6. The molecule has 0 radical (unpaired) electrons. The minimum Gasteiger partial charge on any atom is -0.303 e. The predicted molar refractivity (Wildman–Crippen MR) is 117 cm³/mol. The molecular weight excluding hydrogens is 330 g/mol. The first-order valence-electron chi connectivity index (χ1n) is 12.2. The minimum atomic E-state index is 0.861. The summed E-state index contributed by atoms with van der Waals surface area (Å²) in [6.07, 6.45) is 11.3. The van der Waals surface area contributed by atoms with Gasteiger partial charge in [-0.1, -0.05) is 27.7 Å². The molecule has 3 heterocycles. The lowest BCUT2D eigenvalue weighted by Gasteiger charge is -2.45. The van der Waals surface area contributed by atoms with Gasteiger partial charge in [0.25, 0.3) is 0 Å². The zero-order valence-corrected chi connectivity index (χ0v) is 18.8. The normalized spacial score (nSPS) is 26.4. The van der Waals surface area contributed by atoms with Crippen molar-refractivity contribution < 1.29 is 0 Å². The SMILES string of the molecule is CC(C)CCCN1CCC(N2CCC(N3CCC(C(C)C)CC3)CC2)CC1. The number of rotatable bonds is 7. The van der Waals surface area contributed by atoms with Crippen LogP contribution in [-0.4, -0.2) is 72.6 Å². The summed E-state index contributed by atoms with van der Waals surface area (Å²) in [6.45, 7) is 19.0. The molecule has 3 rings (SSSR count). The van der Waals surface area contributed by atoms with E-state index < -0.39 is 0 Å². The number of hydrogen-bond acceptors (Lipinski definition) is 3. The lowest BCUT2D eigenvalue weighted by molar-refractivity contribution is 0.0381. The van der Waals surface area contributed by atoms with Crippen molar-refractivity contribution in [1.29, 1.82) is 0 Å². The van der Waals surface area contributed by atoms with Crippen LogP contribution < -0.4 is 0 Å². The maximum absolute atomic E-state index is 2.85. The third-order valence-corrected chi connectivity index (χ3v) is 7.86. The Hall–Kier alpha value is -0.120. The Labute approximate surface area is 169 Å². The summed E-state index contributed by atoms with van der Waals surface area (Å²) in [5.41, 5.74) is 0. The summed E-state index contributed by atoms with van der Waals surface area (Å²) in [6, 6.07) is 1.75. The molecule has 3 heteroatoms. The number of likely N-dealkylation sites (tertiary alicyclic amines) is 3. The molecule has 0 bridgehead atoms. The van der Waals surface area contributed by atoms with Gasteiger partial charge in [0.15, 0.2) is 0 Å². The van der Waals surface area contributed by atoms with Gasteiger partial charge in [0.05, 0.1) is 0 Å². The summed E-state index contributed by atoms with van der Waals surface area (Å²) in [5.74, 6) is 2.72. The van der Waals surface area contributed by atoms with Crippen molar-refractivity contribution in [1.82, 2.24) is 14.7 Å². The molecular formula is C24H47N3. The zero-order valence-electron chi connectivity index (χ0n) is 18.8. The van der Waals surface area contributed by atoms with E-state index in [9.17, 15) is 0 Å². The van der Waals surface area contributed by atoms with Gasteiger partial charge in [-0.2, -0.15) is 0 Å². The summed E-state index contributed by atoms with van der Waals surface area (Å²) >= 11 is 0. The molecule has 0 aromatic rings. The molecule has 0 amide bonds. The highest BCUT2D eigenvalue weighted by Gasteiger charge is 2.32. The fourth-order valence-corrected chi connectivity index (χ4v) is 5.80. The number of hydrogen-bond donors (Lipinski definition) is 0. The van der Waals surface area contributed by atoms with Crippen LogP contribution in [0.15, 0.2) is 0 Å². The van der Waals surface area contributed by atoms with Crippen LogP contribution in [-0.2, 0) is 0 Å². The van der Waals surface area contributed by atoms with Crippen LogP contribution in [0, 0.1) is 17.8 Å². The third kappa shape index (κ3) is 6.44. The molecule has 0 spiro atoms. The van der Waals surface area contributed by atoms with Crippen LogP contribution in [0.5, 0.6) is 0 Å².